The van der Waals surface area contributed by atoms with Gasteiger partial charge < -0.3 is 10.2 Å². The largest absolute Gasteiger partial charge is 0.359 e. The minimum absolute atomic E-state index is 0.0909. The molecule has 0 radical (unpaired) electrons. The van der Waals surface area contributed by atoms with Gasteiger partial charge in [0.1, 0.15) is 0 Å². The zero-order valence-electron chi connectivity index (χ0n) is 12.1. The normalized spacial score (nSPS) is 24.1. The highest BCUT2D eigenvalue weighted by molar-refractivity contribution is 5.82. The maximum atomic E-state index is 11.9. The van der Waals surface area contributed by atoms with Crippen molar-refractivity contribution in [1.82, 2.24) is 10.2 Å². The number of nitrogens with one attached hydrogen (secondary N) is 1. The molecule has 1 aliphatic rings. The average molecular weight is 271 g/mol. The molecule has 1 saturated heterocycles. The van der Waals surface area contributed by atoms with Crippen molar-refractivity contribution in [3.05, 3.63) is 35.9 Å². The quantitative estimate of drug-likeness (QED) is 0.907. The Balaban J connectivity index is 2.01. The van der Waals surface area contributed by atoms with Gasteiger partial charge in [-0.25, -0.2) is 0 Å². The molecule has 1 N–H and O–H groups in total. The number of hydrogen-bond acceptors (Lipinski definition) is 3. The van der Waals surface area contributed by atoms with Gasteiger partial charge in [-0.05, 0) is 25.5 Å². The van der Waals surface area contributed by atoms with Crippen molar-refractivity contribution in [3.8, 4) is 6.07 Å². The average Bonchev–Trinajstić information content (AvgIpc) is 2.87. The van der Waals surface area contributed by atoms with E-state index in [-0.39, 0.29) is 17.2 Å². The molecule has 1 fully saturated rings. The molecule has 0 bridgehead atoms. The number of likely N-dealkylation sites (tertiary alicyclic amines) is 1. The molecular weight excluding hydrogens is 250 g/mol. The van der Waals surface area contributed by atoms with E-state index in [1.807, 2.05) is 37.3 Å². The molecule has 4 heteroatoms. The highest BCUT2D eigenvalue weighted by Crippen LogP contribution is 2.31. The van der Waals surface area contributed by atoms with Crippen LogP contribution in [0.25, 0.3) is 0 Å². The van der Waals surface area contributed by atoms with E-state index in [2.05, 4.69) is 16.3 Å². The highest BCUT2D eigenvalue weighted by Gasteiger charge is 2.40. The molecule has 2 atom stereocenters. The zero-order chi connectivity index (χ0) is 14.6. The summed E-state index contributed by atoms with van der Waals surface area (Å²) in [4.78, 5) is 14.1. The molecule has 0 aromatic heterocycles. The maximum absolute atomic E-state index is 11.9. The Morgan fingerprint density at radius 2 is 2.20 bits per heavy atom. The van der Waals surface area contributed by atoms with Gasteiger partial charge in [-0.3, -0.25) is 4.79 Å². The van der Waals surface area contributed by atoms with Crippen LogP contribution in [-0.4, -0.2) is 37.5 Å². The third kappa shape index (κ3) is 3.00. The molecule has 0 spiro atoms. The topological polar surface area (TPSA) is 56.1 Å². The molecule has 1 aromatic rings. The number of benzene rings is 1. The van der Waals surface area contributed by atoms with Gasteiger partial charge in [0.2, 0.25) is 5.91 Å². The Morgan fingerprint density at radius 1 is 1.50 bits per heavy atom. The van der Waals surface area contributed by atoms with E-state index in [0.29, 0.717) is 6.54 Å². The summed E-state index contributed by atoms with van der Waals surface area (Å²) in [5.41, 5.74) is 0.717. The van der Waals surface area contributed by atoms with Crippen LogP contribution in [0.1, 0.15) is 24.8 Å². The van der Waals surface area contributed by atoms with Gasteiger partial charge in [0.25, 0.3) is 0 Å². The molecule has 2 unspecified atom stereocenters. The summed E-state index contributed by atoms with van der Waals surface area (Å²) < 4.78 is 0. The van der Waals surface area contributed by atoms with Gasteiger partial charge in [0, 0.05) is 20.1 Å². The van der Waals surface area contributed by atoms with Gasteiger partial charge in [0.05, 0.1) is 17.4 Å². The molecule has 0 aliphatic carbocycles. The summed E-state index contributed by atoms with van der Waals surface area (Å²) in [6.07, 6.45) is 0.847. The number of carbonyl (C=O) groups is 1. The monoisotopic (exact) mass is 271 g/mol. The van der Waals surface area contributed by atoms with Crippen LogP contribution < -0.4 is 5.32 Å². The molecule has 20 heavy (non-hydrogen) atoms. The highest BCUT2D eigenvalue weighted by atomic mass is 16.2. The van der Waals surface area contributed by atoms with Crippen LogP contribution in [0.2, 0.25) is 0 Å². The smallest absolute Gasteiger partial charge is 0.227 e. The molecule has 2 rings (SSSR count). The molecule has 1 heterocycles. The molecular formula is C16H21N3O. The number of hydrogen-bond donors (Lipinski definition) is 1. The standard InChI is InChI=1S/C16H21N3O/c1-16(15(20)18-2)8-9-19(12-16)11-14(10-17)13-6-4-3-5-7-13/h3-7,14H,8-9,11-12H2,1-2H3,(H,18,20). The van der Waals surface area contributed by atoms with E-state index in [1.54, 1.807) is 7.05 Å². The minimum Gasteiger partial charge on any atom is -0.359 e. The Hall–Kier alpha value is -1.86. The second-order valence-electron chi connectivity index (χ2n) is 5.72. The first-order valence-electron chi connectivity index (χ1n) is 6.98. The van der Waals surface area contributed by atoms with Gasteiger partial charge in [-0.1, -0.05) is 30.3 Å². The molecule has 106 valence electrons. The van der Waals surface area contributed by atoms with Crippen molar-refractivity contribution in [2.75, 3.05) is 26.7 Å². The fourth-order valence-corrected chi connectivity index (χ4v) is 2.86. The molecule has 1 amide bonds. The fraction of sp³-hybridized carbons (Fsp3) is 0.500. The van der Waals surface area contributed by atoms with Crippen LogP contribution in [0.15, 0.2) is 30.3 Å². The minimum atomic E-state index is -0.328. The van der Waals surface area contributed by atoms with Crippen molar-refractivity contribution in [2.45, 2.75) is 19.3 Å². The predicted molar refractivity (Wildman–Crippen MR) is 78.0 cm³/mol. The van der Waals surface area contributed by atoms with E-state index in [4.69, 9.17) is 0 Å². The second-order valence-corrected chi connectivity index (χ2v) is 5.72. The van der Waals surface area contributed by atoms with Crippen LogP contribution in [0.5, 0.6) is 0 Å². The van der Waals surface area contributed by atoms with Crippen LogP contribution in [0.4, 0.5) is 0 Å². The van der Waals surface area contributed by atoms with Gasteiger partial charge in [0.15, 0.2) is 0 Å². The lowest BCUT2D eigenvalue weighted by Gasteiger charge is -2.24. The van der Waals surface area contributed by atoms with E-state index in [1.165, 1.54) is 0 Å². The molecule has 1 aromatic carbocycles. The lowest BCUT2D eigenvalue weighted by Crippen LogP contribution is -2.39. The number of rotatable bonds is 4. The summed E-state index contributed by atoms with van der Waals surface area (Å²) in [5, 5.41) is 12.1. The summed E-state index contributed by atoms with van der Waals surface area (Å²) in [6.45, 7) is 4.27. The zero-order valence-corrected chi connectivity index (χ0v) is 12.1. The molecule has 0 saturated carbocycles. The van der Waals surface area contributed by atoms with Crippen LogP contribution in [-0.2, 0) is 4.79 Å². The Labute approximate surface area is 120 Å². The molecule has 4 nitrogen and oxygen atoms in total. The summed E-state index contributed by atoms with van der Waals surface area (Å²) >= 11 is 0. The van der Waals surface area contributed by atoms with Crippen molar-refractivity contribution in [1.29, 1.82) is 5.26 Å². The van der Waals surface area contributed by atoms with Crippen molar-refractivity contribution in [2.24, 2.45) is 5.41 Å². The number of nitrogens with zero attached hydrogens (tertiary/aromatic N) is 2. The van der Waals surface area contributed by atoms with E-state index in [0.717, 1.165) is 25.1 Å². The maximum Gasteiger partial charge on any atom is 0.227 e. The van der Waals surface area contributed by atoms with Crippen LogP contribution in [0, 0.1) is 16.7 Å². The van der Waals surface area contributed by atoms with Gasteiger partial charge in [-0.2, -0.15) is 5.26 Å². The SMILES string of the molecule is CNC(=O)C1(C)CCN(CC(C#N)c2ccccc2)C1. The Kier molecular flexibility index (Phi) is 4.41. The first-order valence-corrected chi connectivity index (χ1v) is 6.98. The van der Waals surface area contributed by atoms with E-state index in [9.17, 15) is 10.1 Å². The lowest BCUT2D eigenvalue weighted by atomic mass is 9.89. The second kappa shape index (κ2) is 6.06. The first-order chi connectivity index (χ1) is 9.59. The summed E-state index contributed by atoms with van der Waals surface area (Å²) in [7, 11) is 1.68. The summed E-state index contributed by atoms with van der Waals surface area (Å²) in [6, 6.07) is 12.2. The first kappa shape index (κ1) is 14.5. The van der Waals surface area contributed by atoms with Crippen molar-refractivity contribution >= 4 is 5.91 Å². The Morgan fingerprint density at radius 3 is 2.80 bits per heavy atom. The number of amides is 1. The van der Waals surface area contributed by atoms with E-state index >= 15 is 0 Å². The van der Waals surface area contributed by atoms with E-state index < -0.39 is 0 Å². The van der Waals surface area contributed by atoms with Crippen molar-refractivity contribution < 1.29 is 4.79 Å². The van der Waals surface area contributed by atoms with Gasteiger partial charge >= 0.3 is 0 Å². The van der Waals surface area contributed by atoms with Gasteiger partial charge in [-0.15, -0.1) is 0 Å². The number of nitriles is 1. The van der Waals surface area contributed by atoms with Crippen LogP contribution in [0.3, 0.4) is 0 Å². The van der Waals surface area contributed by atoms with Crippen LogP contribution >= 0.6 is 0 Å². The summed E-state index contributed by atoms with van der Waals surface area (Å²) in [5.74, 6) is -0.0449. The van der Waals surface area contributed by atoms with Crippen molar-refractivity contribution in [3.63, 3.8) is 0 Å². The lowest BCUT2D eigenvalue weighted by molar-refractivity contribution is -0.129. The third-order valence-electron chi connectivity index (χ3n) is 4.13. The number of carbonyl (C=O) groups excluding carboxylic acids is 1. The Bertz CT molecular complexity index is 508. The fourth-order valence-electron chi connectivity index (χ4n) is 2.86. The third-order valence-corrected chi connectivity index (χ3v) is 4.13. The molecule has 1 aliphatic heterocycles. The predicted octanol–water partition coefficient (Wildman–Crippen LogP) is 1.75.